The van der Waals surface area contributed by atoms with E-state index >= 15 is 0 Å². The maximum Gasteiger partial charge on any atom is 0.241 e. The molecule has 0 radical (unpaired) electrons. The molecule has 0 saturated carbocycles. The van der Waals surface area contributed by atoms with E-state index in [0.717, 1.165) is 11.0 Å². The molecule has 148 valence electrons. The summed E-state index contributed by atoms with van der Waals surface area (Å²) in [5.74, 6) is 0.727. The number of ether oxygens (including phenoxy) is 1. The molecule has 28 heavy (non-hydrogen) atoms. The number of carbonyl (C=O) groups is 1. The van der Waals surface area contributed by atoms with Crippen molar-refractivity contribution in [1.82, 2.24) is 10.0 Å². The Labute approximate surface area is 163 Å². The SMILES string of the molecule is CCOc1ccc(S(=O)(=O)NCC(=O)N[C@@H](C)c2cc3ccccc3o2)cc1. The highest BCUT2D eigenvalue weighted by atomic mass is 32.2. The van der Waals surface area contributed by atoms with Gasteiger partial charge in [0, 0.05) is 5.39 Å². The zero-order chi connectivity index (χ0) is 20.1. The monoisotopic (exact) mass is 402 g/mol. The average Bonchev–Trinajstić information content (AvgIpc) is 3.12. The zero-order valence-corrected chi connectivity index (χ0v) is 16.5. The van der Waals surface area contributed by atoms with Crippen molar-refractivity contribution in [3.8, 4) is 5.75 Å². The van der Waals surface area contributed by atoms with Crippen molar-refractivity contribution < 1.29 is 22.4 Å². The predicted octanol–water partition coefficient (Wildman–Crippen LogP) is 2.99. The van der Waals surface area contributed by atoms with Crippen LogP contribution in [0, 0.1) is 0 Å². The van der Waals surface area contributed by atoms with Crippen molar-refractivity contribution in [2.24, 2.45) is 0 Å². The minimum Gasteiger partial charge on any atom is -0.494 e. The lowest BCUT2D eigenvalue weighted by Gasteiger charge is -2.12. The van der Waals surface area contributed by atoms with Crippen LogP contribution in [0.3, 0.4) is 0 Å². The summed E-state index contributed by atoms with van der Waals surface area (Å²) in [6, 6.07) is 15.0. The summed E-state index contributed by atoms with van der Waals surface area (Å²) in [5.41, 5.74) is 0.731. The molecule has 0 aliphatic rings. The molecule has 0 aliphatic heterocycles. The second kappa shape index (κ2) is 8.45. The van der Waals surface area contributed by atoms with Gasteiger partial charge in [-0.15, -0.1) is 0 Å². The van der Waals surface area contributed by atoms with Crippen LogP contribution in [0.2, 0.25) is 0 Å². The molecule has 1 aromatic heterocycles. The summed E-state index contributed by atoms with van der Waals surface area (Å²) >= 11 is 0. The van der Waals surface area contributed by atoms with Crippen LogP contribution >= 0.6 is 0 Å². The van der Waals surface area contributed by atoms with E-state index in [2.05, 4.69) is 10.0 Å². The summed E-state index contributed by atoms with van der Waals surface area (Å²) in [5, 5.41) is 3.67. The number of sulfonamides is 1. The molecule has 8 heteroatoms. The third-order valence-electron chi connectivity index (χ3n) is 4.12. The van der Waals surface area contributed by atoms with Gasteiger partial charge in [0.2, 0.25) is 15.9 Å². The lowest BCUT2D eigenvalue weighted by Crippen LogP contribution is -2.37. The van der Waals surface area contributed by atoms with Crippen LogP contribution in [0.15, 0.2) is 63.9 Å². The molecule has 3 rings (SSSR count). The molecule has 0 unspecified atom stereocenters. The van der Waals surface area contributed by atoms with Gasteiger partial charge >= 0.3 is 0 Å². The number of para-hydroxylation sites is 1. The number of nitrogens with one attached hydrogen (secondary N) is 2. The minimum absolute atomic E-state index is 0.0640. The van der Waals surface area contributed by atoms with Gasteiger partial charge in [-0.05, 0) is 50.2 Å². The normalized spacial score (nSPS) is 12.6. The molecular weight excluding hydrogens is 380 g/mol. The third-order valence-corrected chi connectivity index (χ3v) is 5.53. The number of furan rings is 1. The molecule has 3 aromatic rings. The van der Waals surface area contributed by atoms with E-state index in [1.54, 1.807) is 19.1 Å². The van der Waals surface area contributed by atoms with Gasteiger partial charge in [-0.2, -0.15) is 0 Å². The Balaban J connectivity index is 1.58. The molecule has 1 amide bonds. The van der Waals surface area contributed by atoms with Gasteiger partial charge < -0.3 is 14.5 Å². The van der Waals surface area contributed by atoms with Gasteiger partial charge in [0.25, 0.3) is 0 Å². The van der Waals surface area contributed by atoms with E-state index in [1.807, 2.05) is 37.3 Å². The predicted molar refractivity (Wildman–Crippen MR) is 106 cm³/mol. The van der Waals surface area contributed by atoms with Crippen LogP contribution in [-0.4, -0.2) is 27.5 Å². The molecule has 0 fully saturated rings. The minimum atomic E-state index is -3.80. The van der Waals surface area contributed by atoms with Crippen molar-refractivity contribution in [3.05, 3.63) is 60.4 Å². The Bertz CT molecular complexity index is 1020. The van der Waals surface area contributed by atoms with Crippen molar-refractivity contribution in [3.63, 3.8) is 0 Å². The summed E-state index contributed by atoms with van der Waals surface area (Å²) in [6.45, 7) is 3.74. The van der Waals surface area contributed by atoms with Gasteiger partial charge in [0.1, 0.15) is 17.1 Å². The van der Waals surface area contributed by atoms with Gasteiger partial charge in [-0.3, -0.25) is 4.79 Å². The quantitative estimate of drug-likeness (QED) is 0.604. The van der Waals surface area contributed by atoms with E-state index < -0.39 is 22.0 Å². The fourth-order valence-corrected chi connectivity index (χ4v) is 3.69. The van der Waals surface area contributed by atoms with E-state index in [1.165, 1.54) is 12.1 Å². The number of amides is 1. The Kier molecular flexibility index (Phi) is 6.01. The molecule has 7 nitrogen and oxygen atoms in total. The van der Waals surface area contributed by atoms with Gasteiger partial charge in [0.05, 0.1) is 24.1 Å². The highest BCUT2D eigenvalue weighted by Gasteiger charge is 2.18. The molecule has 1 heterocycles. The first-order chi connectivity index (χ1) is 13.4. The summed E-state index contributed by atoms with van der Waals surface area (Å²) in [7, 11) is -3.80. The first-order valence-corrected chi connectivity index (χ1v) is 10.4. The zero-order valence-electron chi connectivity index (χ0n) is 15.6. The topological polar surface area (TPSA) is 97.6 Å². The summed E-state index contributed by atoms with van der Waals surface area (Å²) < 4.78 is 38.0. The Hall–Kier alpha value is -2.84. The highest BCUT2D eigenvalue weighted by Crippen LogP contribution is 2.23. The number of benzene rings is 2. The molecule has 1 atom stereocenters. The maximum absolute atomic E-state index is 12.3. The van der Waals surface area contributed by atoms with Crippen molar-refractivity contribution in [2.75, 3.05) is 13.2 Å². The fraction of sp³-hybridized carbons (Fsp3) is 0.250. The number of fused-ring (bicyclic) bond motifs is 1. The number of rotatable bonds is 8. The highest BCUT2D eigenvalue weighted by molar-refractivity contribution is 7.89. The van der Waals surface area contributed by atoms with Crippen LogP contribution < -0.4 is 14.8 Å². The molecule has 0 spiro atoms. The van der Waals surface area contributed by atoms with Crippen LogP contribution in [-0.2, 0) is 14.8 Å². The van der Waals surface area contributed by atoms with Gasteiger partial charge in [0.15, 0.2) is 0 Å². The lowest BCUT2D eigenvalue weighted by atomic mass is 10.2. The van der Waals surface area contributed by atoms with Gasteiger partial charge in [-0.1, -0.05) is 18.2 Å². The average molecular weight is 402 g/mol. The van der Waals surface area contributed by atoms with Crippen molar-refractivity contribution in [2.45, 2.75) is 24.8 Å². The van der Waals surface area contributed by atoms with Crippen LogP contribution in [0.25, 0.3) is 11.0 Å². The third kappa shape index (κ3) is 4.71. The smallest absolute Gasteiger partial charge is 0.241 e. The van der Waals surface area contributed by atoms with E-state index in [0.29, 0.717) is 18.1 Å². The van der Waals surface area contributed by atoms with Crippen molar-refractivity contribution in [1.29, 1.82) is 0 Å². The number of hydrogen-bond donors (Lipinski definition) is 2. The second-order valence-corrected chi connectivity index (χ2v) is 7.97. The molecule has 0 saturated heterocycles. The molecule has 2 N–H and O–H groups in total. The Morgan fingerprint density at radius 2 is 1.86 bits per heavy atom. The Morgan fingerprint density at radius 1 is 1.14 bits per heavy atom. The molecule has 0 bridgehead atoms. The number of hydrogen-bond acceptors (Lipinski definition) is 5. The second-order valence-electron chi connectivity index (χ2n) is 6.20. The first kappa shape index (κ1) is 19.9. The Morgan fingerprint density at radius 3 is 2.54 bits per heavy atom. The van der Waals surface area contributed by atoms with E-state index in [4.69, 9.17) is 9.15 Å². The lowest BCUT2D eigenvalue weighted by molar-refractivity contribution is -0.120. The largest absolute Gasteiger partial charge is 0.494 e. The van der Waals surface area contributed by atoms with Crippen LogP contribution in [0.5, 0.6) is 5.75 Å². The summed E-state index contributed by atoms with van der Waals surface area (Å²) in [4.78, 5) is 12.2. The first-order valence-electron chi connectivity index (χ1n) is 8.89. The van der Waals surface area contributed by atoms with Gasteiger partial charge in [-0.25, -0.2) is 13.1 Å². The van der Waals surface area contributed by atoms with Crippen LogP contribution in [0.4, 0.5) is 0 Å². The number of carbonyl (C=O) groups excluding carboxylic acids is 1. The fourth-order valence-electron chi connectivity index (χ4n) is 2.71. The molecular formula is C20H22N2O5S. The van der Waals surface area contributed by atoms with Crippen molar-refractivity contribution >= 4 is 26.9 Å². The molecule has 0 aliphatic carbocycles. The summed E-state index contributed by atoms with van der Waals surface area (Å²) in [6.07, 6.45) is 0. The van der Waals surface area contributed by atoms with Crippen LogP contribution in [0.1, 0.15) is 25.6 Å². The standard InChI is InChI=1S/C20H22N2O5S/c1-3-26-16-8-10-17(11-9-16)28(24,25)21-13-20(23)22-14(2)19-12-15-6-4-5-7-18(15)27-19/h4-12,14,21H,3,13H2,1-2H3,(H,22,23)/t14-/m0/s1. The van der Waals surface area contributed by atoms with E-state index in [9.17, 15) is 13.2 Å². The maximum atomic E-state index is 12.3. The van der Waals surface area contributed by atoms with E-state index in [-0.39, 0.29) is 11.4 Å². The molecule has 2 aromatic carbocycles.